The number of nitrogens with zero attached hydrogens (tertiary/aromatic N) is 1. The largest absolute Gasteiger partial charge is 0.489 e. The van der Waals surface area contributed by atoms with Crippen molar-refractivity contribution in [3.05, 3.63) is 48.2 Å². The molecule has 0 radical (unpaired) electrons. The predicted octanol–water partition coefficient (Wildman–Crippen LogP) is 3.63. The summed E-state index contributed by atoms with van der Waals surface area (Å²) in [7, 11) is -4.07. The van der Waals surface area contributed by atoms with Crippen molar-refractivity contribution < 1.29 is 26.7 Å². The van der Waals surface area contributed by atoms with Crippen LogP contribution >= 0.6 is 0 Å². The van der Waals surface area contributed by atoms with Crippen LogP contribution in [0, 0.1) is 17.6 Å². The first-order valence-corrected chi connectivity index (χ1v) is 11.7. The minimum Gasteiger partial charge on any atom is -0.489 e. The van der Waals surface area contributed by atoms with Crippen molar-refractivity contribution in [2.75, 3.05) is 18.5 Å². The highest BCUT2D eigenvalue weighted by atomic mass is 32.2. The predicted molar refractivity (Wildman–Crippen MR) is 111 cm³/mol. The Morgan fingerprint density at radius 3 is 2.65 bits per heavy atom. The Morgan fingerprint density at radius 1 is 1.13 bits per heavy atom. The van der Waals surface area contributed by atoms with E-state index in [-0.39, 0.29) is 18.8 Å². The van der Waals surface area contributed by atoms with E-state index in [9.17, 15) is 22.0 Å². The summed E-state index contributed by atoms with van der Waals surface area (Å²) in [6, 6.07) is 5.69. The molecule has 1 saturated carbocycles. The topological polar surface area (TPSA) is 97.4 Å². The first-order valence-electron chi connectivity index (χ1n) is 10.2. The SMILES string of the molecule is O=C(CCNS(=O)(=O)c1ccc(F)c(F)c1)Nc1ncccc1OCC1CCCCC1. The van der Waals surface area contributed by atoms with Gasteiger partial charge in [0.2, 0.25) is 15.9 Å². The number of benzene rings is 1. The number of nitrogens with one attached hydrogen (secondary N) is 2. The molecule has 7 nitrogen and oxygen atoms in total. The number of ether oxygens (including phenoxy) is 1. The summed E-state index contributed by atoms with van der Waals surface area (Å²) in [5.74, 6) is -1.65. The lowest BCUT2D eigenvalue weighted by atomic mass is 9.90. The molecular formula is C21H25F2N3O4S. The molecule has 0 atom stereocenters. The molecule has 1 aromatic carbocycles. The third-order valence-corrected chi connectivity index (χ3v) is 6.53. The molecule has 31 heavy (non-hydrogen) atoms. The fraction of sp³-hybridized carbons (Fsp3) is 0.429. The highest BCUT2D eigenvalue weighted by Crippen LogP contribution is 2.27. The van der Waals surface area contributed by atoms with Crippen molar-refractivity contribution in [1.82, 2.24) is 9.71 Å². The van der Waals surface area contributed by atoms with Gasteiger partial charge in [-0.15, -0.1) is 0 Å². The fourth-order valence-corrected chi connectivity index (χ4v) is 4.43. The third-order valence-electron chi connectivity index (χ3n) is 5.07. The molecule has 1 fully saturated rings. The number of aromatic nitrogens is 1. The summed E-state index contributed by atoms with van der Waals surface area (Å²) in [4.78, 5) is 16.0. The number of rotatable bonds is 9. The molecule has 1 aromatic heterocycles. The van der Waals surface area contributed by atoms with Gasteiger partial charge in [-0.2, -0.15) is 0 Å². The number of sulfonamides is 1. The van der Waals surface area contributed by atoms with Crippen LogP contribution in [0.4, 0.5) is 14.6 Å². The molecule has 168 valence electrons. The van der Waals surface area contributed by atoms with Gasteiger partial charge in [0.25, 0.3) is 0 Å². The zero-order chi connectivity index (χ0) is 22.3. The van der Waals surface area contributed by atoms with E-state index in [0.29, 0.717) is 24.3 Å². The molecule has 0 unspecified atom stereocenters. The average Bonchev–Trinajstić information content (AvgIpc) is 2.75. The van der Waals surface area contributed by atoms with Gasteiger partial charge < -0.3 is 10.1 Å². The van der Waals surface area contributed by atoms with Gasteiger partial charge in [-0.1, -0.05) is 19.3 Å². The summed E-state index contributed by atoms with van der Waals surface area (Å²) >= 11 is 0. The Labute approximate surface area is 180 Å². The van der Waals surface area contributed by atoms with Gasteiger partial charge in [0.05, 0.1) is 11.5 Å². The van der Waals surface area contributed by atoms with E-state index in [1.54, 1.807) is 12.1 Å². The second-order valence-corrected chi connectivity index (χ2v) is 9.20. The molecule has 1 aliphatic rings. The fourth-order valence-electron chi connectivity index (χ4n) is 3.38. The number of carbonyl (C=O) groups excluding carboxylic acids is 1. The van der Waals surface area contributed by atoms with E-state index >= 15 is 0 Å². The summed E-state index contributed by atoms with van der Waals surface area (Å²) in [6.45, 7) is 0.334. The van der Waals surface area contributed by atoms with Gasteiger partial charge in [-0.25, -0.2) is 26.9 Å². The van der Waals surface area contributed by atoms with Crippen molar-refractivity contribution in [2.45, 2.75) is 43.4 Å². The monoisotopic (exact) mass is 453 g/mol. The number of amides is 1. The van der Waals surface area contributed by atoms with E-state index in [0.717, 1.165) is 25.0 Å². The normalized spacial score (nSPS) is 14.9. The smallest absolute Gasteiger partial charge is 0.240 e. The number of pyridine rings is 1. The van der Waals surface area contributed by atoms with Crippen molar-refractivity contribution in [1.29, 1.82) is 0 Å². The highest BCUT2D eigenvalue weighted by Gasteiger charge is 2.18. The van der Waals surface area contributed by atoms with Gasteiger partial charge >= 0.3 is 0 Å². The zero-order valence-corrected chi connectivity index (χ0v) is 17.8. The molecule has 10 heteroatoms. The van der Waals surface area contributed by atoms with Crippen LogP contribution in [0.15, 0.2) is 41.4 Å². The maximum Gasteiger partial charge on any atom is 0.240 e. The molecule has 1 aliphatic carbocycles. The number of halogens is 2. The number of hydrogen-bond donors (Lipinski definition) is 2. The van der Waals surface area contributed by atoms with Crippen molar-refractivity contribution in [3.8, 4) is 5.75 Å². The van der Waals surface area contributed by atoms with Crippen LogP contribution in [0.25, 0.3) is 0 Å². The average molecular weight is 454 g/mol. The lowest BCUT2D eigenvalue weighted by Crippen LogP contribution is -2.28. The first-order chi connectivity index (χ1) is 14.8. The molecule has 0 aliphatic heterocycles. The van der Waals surface area contributed by atoms with Crippen LogP contribution in [-0.4, -0.2) is 32.5 Å². The van der Waals surface area contributed by atoms with Crippen LogP contribution in [0.3, 0.4) is 0 Å². The van der Waals surface area contributed by atoms with Crippen molar-refractivity contribution in [2.24, 2.45) is 5.92 Å². The Morgan fingerprint density at radius 2 is 1.90 bits per heavy atom. The van der Waals surface area contributed by atoms with E-state index in [2.05, 4.69) is 15.0 Å². The quantitative estimate of drug-likeness (QED) is 0.604. The Hall–Kier alpha value is -2.59. The highest BCUT2D eigenvalue weighted by molar-refractivity contribution is 7.89. The standard InChI is InChI=1S/C21H25F2N3O4S/c22-17-9-8-16(13-18(17)23)31(28,29)25-12-10-20(27)26-21-19(7-4-11-24-21)30-14-15-5-2-1-3-6-15/h4,7-9,11,13,15,25H,1-3,5-6,10,12,14H2,(H,24,26,27). The third kappa shape index (κ3) is 6.70. The molecule has 1 amide bonds. The molecule has 0 saturated heterocycles. The number of anilines is 1. The van der Waals surface area contributed by atoms with E-state index in [1.165, 1.54) is 25.5 Å². The maximum atomic E-state index is 13.3. The first kappa shape index (κ1) is 23.1. The summed E-state index contributed by atoms with van der Waals surface area (Å²) < 4.78 is 58.6. The molecule has 2 N–H and O–H groups in total. The van der Waals surface area contributed by atoms with Gasteiger partial charge in [-0.3, -0.25) is 4.79 Å². The zero-order valence-electron chi connectivity index (χ0n) is 16.9. The molecule has 0 spiro atoms. The Balaban J connectivity index is 1.51. The van der Waals surface area contributed by atoms with Crippen LogP contribution in [0.5, 0.6) is 5.75 Å². The minimum atomic E-state index is -4.07. The molecule has 3 rings (SSSR count). The molecule has 1 heterocycles. The number of carbonyl (C=O) groups is 1. The lowest BCUT2D eigenvalue weighted by Gasteiger charge is -2.22. The van der Waals surface area contributed by atoms with Gasteiger partial charge in [0.15, 0.2) is 23.2 Å². The van der Waals surface area contributed by atoms with Gasteiger partial charge in [-0.05, 0) is 49.1 Å². The van der Waals surface area contributed by atoms with E-state index < -0.39 is 32.5 Å². The van der Waals surface area contributed by atoms with E-state index in [1.807, 2.05) is 0 Å². The number of hydrogen-bond acceptors (Lipinski definition) is 5. The summed E-state index contributed by atoms with van der Waals surface area (Å²) in [5, 5.41) is 2.62. The maximum absolute atomic E-state index is 13.3. The second-order valence-electron chi connectivity index (χ2n) is 7.44. The van der Waals surface area contributed by atoms with Gasteiger partial charge in [0.1, 0.15) is 0 Å². The van der Waals surface area contributed by atoms with Gasteiger partial charge in [0, 0.05) is 19.2 Å². The van der Waals surface area contributed by atoms with Crippen LogP contribution in [-0.2, 0) is 14.8 Å². The lowest BCUT2D eigenvalue weighted by molar-refractivity contribution is -0.116. The minimum absolute atomic E-state index is 0.179. The molecular weight excluding hydrogens is 428 g/mol. The molecule has 2 aromatic rings. The Kier molecular flexibility index (Phi) is 7.91. The van der Waals surface area contributed by atoms with E-state index in [4.69, 9.17) is 4.74 Å². The van der Waals surface area contributed by atoms with Crippen molar-refractivity contribution in [3.63, 3.8) is 0 Å². The van der Waals surface area contributed by atoms with Crippen LogP contribution in [0.1, 0.15) is 38.5 Å². The molecule has 0 bridgehead atoms. The summed E-state index contributed by atoms with van der Waals surface area (Å²) in [5.41, 5.74) is 0. The van der Waals surface area contributed by atoms with Crippen LogP contribution < -0.4 is 14.8 Å². The van der Waals surface area contributed by atoms with Crippen molar-refractivity contribution >= 4 is 21.7 Å². The second kappa shape index (κ2) is 10.6. The summed E-state index contributed by atoms with van der Waals surface area (Å²) in [6.07, 6.45) is 7.25. The Bertz CT molecular complexity index is 1010. The van der Waals surface area contributed by atoms with Crippen LogP contribution in [0.2, 0.25) is 0 Å².